The molecule has 178 valence electrons. The van der Waals surface area contributed by atoms with Crippen LogP contribution in [0.15, 0.2) is 77.8 Å². The van der Waals surface area contributed by atoms with Gasteiger partial charge in [-0.25, -0.2) is 8.42 Å². The van der Waals surface area contributed by atoms with Crippen molar-refractivity contribution in [2.24, 2.45) is 0 Å². The van der Waals surface area contributed by atoms with Crippen molar-refractivity contribution in [2.45, 2.75) is 31.6 Å². The van der Waals surface area contributed by atoms with E-state index in [-0.39, 0.29) is 35.2 Å². The molecule has 0 aliphatic carbocycles. The smallest absolute Gasteiger partial charge is 0.262 e. The van der Waals surface area contributed by atoms with E-state index >= 15 is 0 Å². The van der Waals surface area contributed by atoms with Crippen molar-refractivity contribution in [2.75, 3.05) is 18.9 Å². The van der Waals surface area contributed by atoms with Gasteiger partial charge in [-0.2, -0.15) is 0 Å². The molecule has 0 radical (unpaired) electrons. The summed E-state index contributed by atoms with van der Waals surface area (Å²) in [5.74, 6) is -0.353. The highest BCUT2D eigenvalue weighted by Gasteiger charge is 2.21. The molecule has 3 aromatic carbocycles. The number of aryl methyl sites for hydroxylation is 1. The van der Waals surface area contributed by atoms with Gasteiger partial charge < -0.3 is 10.2 Å². The molecule has 0 atom stereocenters. The lowest BCUT2D eigenvalue weighted by Crippen LogP contribution is -2.28. The lowest BCUT2D eigenvalue weighted by Gasteiger charge is -2.17. The van der Waals surface area contributed by atoms with Crippen LogP contribution in [0, 0.1) is 6.92 Å². The van der Waals surface area contributed by atoms with Gasteiger partial charge in [-0.15, -0.1) is 0 Å². The lowest BCUT2D eigenvalue weighted by molar-refractivity contribution is -0.129. The predicted molar refractivity (Wildman–Crippen MR) is 135 cm³/mol. The van der Waals surface area contributed by atoms with Gasteiger partial charge in [-0.05, 0) is 44.0 Å². The topological polar surface area (TPSA) is 95.6 Å². The Balaban J connectivity index is 1.85. The average molecular weight is 480 g/mol. The Kier molecular flexibility index (Phi) is 7.73. The fraction of sp³-hybridized carbons (Fsp3) is 0.231. The Morgan fingerprint density at radius 1 is 0.941 bits per heavy atom. The van der Waals surface area contributed by atoms with Crippen LogP contribution in [0.1, 0.15) is 35.7 Å². The molecular formula is C26H29N3O4S. The van der Waals surface area contributed by atoms with Gasteiger partial charge >= 0.3 is 0 Å². The van der Waals surface area contributed by atoms with Crippen LogP contribution in [-0.4, -0.2) is 38.7 Å². The minimum Gasteiger partial charge on any atom is -0.346 e. The van der Waals surface area contributed by atoms with E-state index in [1.807, 2.05) is 26.0 Å². The molecule has 0 aliphatic rings. The molecule has 0 bridgehead atoms. The third-order valence-electron chi connectivity index (χ3n) is 5.63. The summed E-state index contributed by atoms with van der Waals surface area (Å²) in [6.07, 6.45) is 0.362. The number of fused-ring (bicyclic) bond motifs is 1. The average Bonchev–Trinajstić information content (AvgIpc) is 2.81. The molecule has 34 heavy (non-hydrogen) atoms. The molecule has 0 saturated heterocycles. The first kappa shape index (κ1) is 25.0. The Morgan fingerprint density at radius 3 is 2.26 bits per heavy atom. The summed E-state index contributed by atoms with van der Waals surface area (Å²) in [5, 5.41) is 3.96. The molecule has 0 heterocycles. The number of nitrogens with zero attached hydrogens (tertiary/aromatic N) is 1. The lowest BCUT2D eigenvalue weighted by atomic mass is 10.1. The number of amides is 2. The Labute approximate surface area is 200 Å². The van der Waals surface area contributed by atoms with Crippen LogP contribution >= 0.6 is 0 Å². The summed E-state index contributed by atoms with van der Waals surface area (Å²) in [5.41, 5.74) is 2.13. The van der Waals surface area contributed by atoms with Gasteiger partial charge in [0.1, 0.15) is 0 Å². The molecule has 7 nitrogen and oxygen atoms in total. The van der Waals surface area contributed by atoms with Gasteiger partial charge in [0, 0.05) is 47.7 Å². The molecule has 0 spiro atoms. The first-order valence-corrected chi connectivity index (χ1v) is 12.5. The van der Waals surface area contributed by atoms with Crippen molar-refractivity contribution in [3.05, 3.63) is 84.1 Å². The molecule has 0 unspecified atom stereocenters. The maximum absolute atomic E-state index is 13.1. The molecule has 0 saturated carbocycles. The third-order valence-corrected chi connectivity index (χ3v) is 7.12. The number of anilines is 1. The van der Waals surface area contributed by atoms with E-state index in [9.17, 15) is 18.0 Å². The first-order valence-electron chi connectivity index (χ1n) is 11.0. The Bertz CT molecular complexity index is 1350. The monoisotopic (exact) mass is 479 g/mol. The summed E-state index contributed by atoms with van der Waals surface area (Å²) >= 11 is 0. The van der Waals surface area contributed by atoms with Crippen molar-refractivity contribution in [3.8, 4) is 0 Å². The zero-order valence-corrected chi connectivity index (χ0v) is 20.4. The van der Waals surface area contributed by atoms with Crippen LogP contribution < -0.4 is 10.0 Å². The number of rotatable bonds is 9. The summed E-state index contributed by atoms with van der Waals surface area (Å²) in [6.45, 7) is 8.09. The fourth-order valence-corrected chi connectivity index (χ4v) is 4.86. The van der Waals surface area contributed by atoms with Crippen LogP contribution in [-0.2, 0) is 14.8 Å². The van der Waals surface area contributed by atoms with Gasteiger partial charge in [0.25, 0.3) is 15.9 Å². The SMILES string of the molecule is C=C(CCC(=O)N(C)CC)NS(=O)(=O)c1ccc(NC(=O)c2ccccc2C)c2ccccc12. The van der Waals surface area contributed by atoms with E-state index in [0.717, 1.165) is 5.56 Å². The third kappa shape index (κ3) is 5.63. The molecule has 3 aromatic rings. The summed E-state index contributed by atoms with van der Waals surface area (Å²) < 4.78 is 28.8. The van der Waals surface area contributed by atoms with E-state index in [4.69, 9.17) is 0 Å². The molecular weight excluding hydrogens is 450 g/mol. The maximum Gasteiger partial charge on any atom is 0.262 e. The van der Waals surface area contributed by atoms with E-state index in [1.165, 1.54) is 6.07 Å². The summed E-state index contributed by atoms with van der Waals surface area (Å²) in [7, 11) is -2.26. The van der Waals surface area contributed by atoms with Crippen LogP contribution in [0.2, 0.25) is 0 Å². The standard InChI is InChI=1S/C26H29N3O4S/c1-5-29(4)25(30)17-14-19(3)28-34(32,33)24-16-15-23(21-12-8-9-13-22(21)24)27-26(31)20-11-7-6-10-18(20)2/h6-13,15-16,28H,3,5,14,17H2,1-2,4H3,(H,27,31). The molecule has 2 N–H and O–H groups in total. The number of carbonyl (C=O) groups excluding carboxylic acids is 2. The highest BCUT2D eigenvalue weighted by molar-refractivity contribution is 7.89. The quantitative estimate of drug-likeness (QED) is 0.474. The van der Waals surface area contributed by atoms with Gasteiger partial charge in [-0.3, -0.25) is 14.3 Å². The van der Waals surface area contributed by atoms with E-state index < -0.39 is 10.0 Å². The Morgan fingerprint density at radius 2 is 1.59 bits per heavy atom. The van der Waals surface area contributed by atoms with Crippen molar-refractivity contribution in [1.29, 1.82) is 0 Å². The largest absolute Gasteiger partial charge is 0.346 e. The second-order valence-electron chi connectivity index (χ2n) is 8.04. The molecule has 0 aliphatic heterocycles. The van der Waals surface area contributed by atoms with Gasteiger partial charge in [0.2, 0.25) is 5.91 Å². The second kappa shape index (κ2) is 10.5. The number of hydrogen-bond acceptors (Lipinski definition) is 4. The van der Waals surface area contributed by atoms with Crippen molar-refractivity contribution in [3.63, 3.8) is 0 Å². The van der Waals surface area contributed by atoms with Crippen molar-refractivity contribution in [1.82, 2.24) is 9.62 Å². The van der Waals surface area contributed by atoms with Gasteiger partial charge in [0.15, 0.2) is 0 Å². The van der Waals surface area contributed by atoms with Crippen LogP contribution in [0.25, 0.3) is 10.8 Å². The Hall–Kier alpha value is -3.65. The highest BCUT2D eigenvalue weighted by atomic mass is 32.2. The summed E-state index contributed by atoms with van der Waals surface area (Å²) in [4.78, 5) is 26.5. The van der Waals surface area contributed by atoms with E-state index in [2.05, 4.69) is 16.6 Å². The molecule has 8 heteroatoms. The van der Waals surface area contributed by atoms with Gasteiger partial charge in [-0.1, -0.05) is 49.0 Å². The molecule has 3 rings (SSSR count). The van der Waals surface area contributed by atoms with E-state index in [1.54, 1.807) is 54.4 Å². The van der Waals surface area contributed by atoms with Crippen LogP contribution in [0.4, 0.5) is 5.69 Å². The number of carbonyl (C=O) groups is 2. The number of allylic oxidation sites excluding steroid dienone is 1. The molecule has 0 fully saturated rings. The highest BCUT2D eigenvalue weighted by Crippen LogP contribution is 2.30. The molecule has 2 amide bonds. The minimum atomic E-state index is -3.95. The van der Waals surface area contributed by atoms with Crippen LogP contribution in [0.5, 0.6) is 0 Å². The zero-order chi connectivity index (χ0) is 24.9. The summed E-state index contributed by atoms with van der Waals surface area (Å²) in [6, 6.07) is 17.3. The first-order chi connectivity index (χ1) is 16.1. The maximum atomic E-state index is 13.1. The number of nitrogens with one attached hydrogen (secondary N) is 2. The van der Waals surface area contributed by atoms with Gasteiger partial charge in [0.05, 0.1) is 4.90 Å². The minimum absolute atomic E-state index is 0.0649. The molecule has 0 aromatic heterocycles. The normalized spacial score (nSPS) is 11.1. The van der Waals surface area contributed by atoms with Crippen molar-refractivity contribution >= 4 is 38.3 Å². The predicted octanol–water partition coefficient (Wildman–Crippen LogP) is 4.45. The van der Waals surface area contributed by atoms with E-state index in [0.29, 0.717) is 28.6 Å². The number of sulfonamides is 1. The number of benzene rings is 3. The van der Waals surface area contributed by atoms with Crippen molar-refractivity contribution < 1.29 is 18.0 Å². The second-order valence-corrected chi connectivity index (χ2v) is 9.69. The van der Waals surface area contributed by atoms with Crippen LogP contribution in [0.3, 0.4) is 0 Å². The number of hydrogen-bond donors (Lipinski definition) is 2. The zero-order valence-electron chi connectivity index (χ0n) is 19.6. The fourth-order valence-electron chi connectivity index (χ4n) is 3.55.